The molecule has 84 valence electrons. The molecule has 0 aliphatic rings. The molecule has 2 N–H and O–H groups in total. The Kier molecular flexibility index (Phi) is 10.4. The number of hydrogen-bond donors (Lipinski definition) is 2. The molecule has 3 nitrogen and oxygen atoms in total. The van der Waals surface area contributed by atoms with Gasteiger partial charge in [-0.2, -0.15) is 0 Å². The molecular weight excluding hydrogens is 178 g/mol. The van der Waals surface area contributed by atoms with E-state index in [9.17, 15) is 0 Å². The van der Waals surface area contributed by atoms with Gasteiger partial charge in [-0.1, -0.05) is 12.5 Å². The summed E-state index contributed by atoms with van der Waals surface area (Å²) in [5.74, 6) is 0. The zero-order chi connectivity index (χ0) is 10.6. The largest absolute Gasteiger partial charge is 0.395 e. The van der Waals surface area contributed by atoms with Crippen molar-refractivity contribution in [1.82, 2.24) is 4.90 Å². The highest BCUT2D eigenvalue weighted by Crippen LogP contribution is 2.01. The molecule has 0 unspecified atom stereocenters. The van der Waals surface area contributed by atoms with Gasteiger partial charge in [0, 0.05) is 13.1 Å². The van der Waals surface area contributed by atoms with Crippen LogP contribution in [0.15, 0.2) is 12.7 Å². The van der Waals surface area contributed by atoms with E-state index >= 15 is 0 Å². The first-order valence-corrected chi connectivity index (χ1v) is 5.40. The first kappa shape index (κ1) is 13.6. The average Bonchev–Trinajstić information content (AvgIpc) is 2.18. The zero-order valence-electron chi connectivity index (χ0n) is 8.99. The van der Waals surface area contributed by atoms with Gasteiger partial charge < -0.3 is 10.2 Å². The summed E-state index contributed by atoms with van der Waals surface area (Å²) in [6, 6.07) is 0. The zero-order valence-corrected chi connectivity index (χ0v) is 8.99. The van der Waals surface area contributed by atoms with Crippen LogP contribution in [-0.2, 0) is 0 Å². The molecule has 0 fully saturated rings. The van der Waals surface area contributed by atoms with Gasteiger partial charge in [0.2, 0.25) is 0 Å². The Hall–Kier alpha value is -0.380. The molecule has 0 aromatic carbocycles. The minimum absolute atomic E-state index is 0.173. The van der Waals surface area contributed by atoms with Gasteiger partial charge in [0.05, 0.1) is 13.2 Å². The molecule has 3 heteroatoms. The minimum Gasteiger partial charge on any atom is -0.395 e. The van der Waals surface area contributed by atoms with E-state index in [-0.39, 0.29) is 13.2 Å². The highest BCUT2D eigenvalue weighted by molar-refractivity contribution is 4.66. The van der Waals surface area contributed by atoms with Crippen molar-refractivity contribution in [3.8, 4) is 0 Å². The van der Waals surface area contributed by atoms with Crippen molar-refractivity contribution in [2.24, 2.45) is 0 Å². The molecule has 0 aliphatic carbocycles. The van der Waals surface area contributed by atoms with Gasteiger partial charge in [0.1, 0.15) is 0 Å². The molecule has 0 aromatic rings. The van der Waals surface area contributed by atoms with Crippen molar-refractivity contribution in [3.05, 3.63) is 12.7 Å². The van der Waals surface area contributed by atoms with Crippen LogP contribution in [0.5, 0.6) is 0 Å². The van der Waals surface area contributed by atoms with Crippen molar-refractivity contribution in [1.29, 1.82) is 0 Å². The molecular formula is C11H23NO2. The Morgan fingerprint density at radius 3 is 2.07 bits per heavy atom. The fourth-order valence-corrected chi connectivity index (χ4v) is 1.42. The monoisotopic (exact) mass is 201 g/mol. The second-order valence-electron chi connectivity index (χ2n) is 3.43. The van der Waals surface area contributed by atoms with E-state index in [1.165, 1.54) is 12.8 Å². The van der Waals surface area contributed by atoms with Crippen molar-refractivity contribution in [2.45, 2.75) is 25.7 Å². The summed E-state index contributed by atoms with van der Waals surface area (Å²) >= 11 is 0. The fourth-order valence-electron chi connectivity index (χ4n) is 1.42. The van der Waals surface area contributed by atoms with Crippen molar-refractivity contribution in [2.75, 3.05) is 32.8 Å². The summed E-state index contributed by atoms with van der Waals surface area (Å²) < 4.78 is 0. The summed E-state index contributed by atoms with van der Waals surface area (Å²) in [5.41, 5.74) is 0. The fraction of sp³-hybridized carbons (Fsp3) is 0.818. The van der Waals surface area contributed by atoms with Crippen LogP contribution in [0.1, 0.15) is 25.7 Å². The Morgan fingerprint density at radius 1 is 0.929 bits per heavy atom. The van der Waals surface area contributed by atoms with Crippen molar-refractivity contribution >= 4 is 0 Å². The third-order valence-corrected chi connectivity index (χ3v) is 2.22. The number of aliphatic hydroxyl groups excluding tert-OH is 2. The van der Waals surface area contributed by atoms with E-state index in [1.807, 2.05) is 6.08 Å². The van der Waals surface area contributed by atoms with Gasteiger partial charge in [-0.05, 0) is 25.8 Å². The molecule has 0 aromatic heterocycles. The number of nitrogens with zero attached hydrogens (tertiary/aromatic N) is 1. The molecule has 0 saturated carbocycles. The molecule has 14 heavy (non-hydrogen) atoms. The molecule has 0 rings (SSSR count). The first-order chi connectivity index (χ1) is 6.85. The van der Waals surface area contributed by atoms with Crippen LogP contribution in [0.2, 0.25) is 0 Å². The number of unbranched alkanes of at least 4 members (excludes halogenated alkanes) is 3. The summed E-state index contributed by atoms with van der Waals surface area (Å²) in [6.07, 6.45) is 6.54. The Morgan fingerprint density at radius 2 is 1.57 bits per heavy atom. The van der Waals surface area contributed by atoms with Crippen molar-refractivity contribution in [3.63, 3.8) is 0 Å². The van der Waals surface area contributed by atoms with Gasteiger partial charge in [0.25, 0.3) is 0 Å². The van der Waals surface area contributed by atoms with Crippen LogP contribution in [0.3, 0.4) is 0 Å². The minimum atomic E-state index is 0.173. The quantitative estimate of drug-likeness (QED) is 0.410. The van der Waals surface area contributed by atoms with Crippen molar-refractivity contribution < 1.29 is 10.2 Å². The van der Waals surface area contributed by atoms with Crippen LogP contribution in [-0.4, -0.2) is 48.0 Å². The van der Waals surface area contributed by atoms with E-state index in [1.54, 1.807) is 0 Å². The molecule has 0 heterocycles. The summed E-state index contributed by atoms with van der Waals surface area (Å²) in [4.78, 5) is 2.09. The lowest BCUT2D eigenvalue weighted by Crippen LogP contribution is -2.30. The molecule has 0 spiro atoms. The highest BCUT2D eigenvalue weighted by Gasteiger charge is 2.01. The Labute approximate surface area is 87.0 Å². The highest BCUT2D eigenvalue weighted by atomic mass is 16.3. The number of hydrogen-bond acceptors (Lipinski definition) is 3. The van der Waals surface area contributed by atoms with Gasteiger partial charge >= 0.3 is 0 Å². The molecule has 0 radical (unpaired) electrons. The third kappa shape index (κ3) is 8.23. The predicted molar refractivity (Wildman–Crippen MR) is 59.3 cm³/mol. The number of rotatable bonds is 10. The topological polar surface area (TPSA) is 43.7 Å². The van der Waals surface area contributed by atoms with E-state index < -0.39 is 0 Å². The molecule has 0 atom stereocenters. The first-order valence-electron chi connectivity index (χ1n) is 5.40. The second kappa shape index (κ2) is 10.7. The van der Waals surface area contributed by atoms with Crippen LogP contribution in [0.4, 0.5) is 0 Å². The standard InChI is InChI=1S/C11H23NO2/c1-2-3-4-5-6-7-12(8-10-13)9-11-14/h2,13-14H,1,3-11H2. The smallest absolute Gasteiger partial charge is 0.0558 e. The van der Waals surface area contributed by atoms with Gasteiger partial charge in [-0.25, -0.2) is 0 Å². The lowest BCUT2D eigenvalue weighted by molar-refractivity contribution is 0.159. The lowest BCUT2D eigenvalue weighted by atomic mass is 10.2. The lowest BCUT2D eigenvalue weighted by Gasteiger charge is -2.19. The Balaban J connectivity index is 3.34. The predicted octanol–water partition coefficient (Wildman–Crippen LogP) is 1.02. The summed E-state index contributed by atoms with van der Waals surface area (Å²) in [6.45, 7) is 6.33. The van der Waals surface area contributed by atoms with E-state index in [2.05, 4.69) is 11.5 Å². The normalized spacial score (nSPS) is 10.8. The molecule has 0 bridgehead atoms. The molecule has 0 aliphatic heterocycles. The second-order valence-corrected chi connectivity index (χ2v) is 3.43. The van der Waals surface area contributed by atoms with Gasteiger partial charge in [-0.3, -0.25) is 4.90 Å². The Bertz CT molecular complexity index is 122. The van der Waals surface area contributed by atoms with Crippen LogP contribution < -0.4 is 0 Å². The summed E-state index contributed by atoms with van der Waals surface area (Å²) in [5, 5.41) is 17.5. The maximum atomic E-state index is 8.77. The van der Waals surface area contributed by atoms with E-state index in [4.69, 9.17) is 10.2 Å². The SMILES string of the molecule is C=CCCCCCN(CCO)CCO. The maximum Gasteiger partial charge on any atom is 0.0558 e. The molecule has 0 amide bonds. The number of allylic oxidation sites excluding steroid dienone is 1. The maximum absolute atomic E-state index is 8.77. The summed E-state index contributed by atoms with van der Waals surface area (Å²) in [7, 11) is 0. The van der Waals surface area contributed by atoms with Gasteiger partial charge in [-0.15, -0.1) is 6.58 Å². The van der Waals surface area contributed by atoms with Crippen LogP contribution >= 0.6 is 0 Å². The average molecular weight is 201 g/mol. The van der Waals surface area contributed by atoms with Crippen LogP contribution in [0, 0.1) is 0 Å². The third-order valence-electron chi connectivity index (χ3n) is 2.22. The van der Waals surface area contributed by atoms with Crippen LogP contribution in [0.25, 0.3) is 0 Å². The molecule has 0 saturated heterocycles. The van der Waals surface area contributed by atoms with Gasteiger partial charge in [0.15, 0.2) is 0 Å². The van der Waals surface area contributed by atoms with E-state index in [0.717, 1.165) is 19.4 Å². The van der Waals surface area contributed by atoms with E-state index in [0.29, 0.717) is 13.1 Å². The number of aliphatic hydroxyl groups is 2.